The summed E-state index contributed by atoms with van der Waals surface area (Å²) in [6.07, 6.45) is 0. The number of ether oxygens (including phenoxy) is 1. The first-order valence-electron chi connectivity index (χ1n) is 11.2. The lowest BCUT2D eigenvalue weighted by atomic mass is 9.94. The molecule has 1 N–H and O–H groups in total. The van der Waals surface area contributed by atoms with Gasteiger partial charge in [0.1, 0.15) is 11.5 Å². The van der Waals surface area contributed by atoms with E-state index < -0.39 is 17.7 Å². The van der Waals surface area contributed by atoms with Gasteiger partial charge < -0.3 is 19.6 Å². The summed E-state index contributed by atoms with van der Waals surface area (Å²) in [5.74, 6) is -0.820. The minimum absolute atomic E-state index is 0.118. The van der Waals surface area contributed by atoms with Crippen molar-refractivity contribution in [3.8, 4) is 5.75 Å². The van der Waals surface area contributed by atoms with E-state index >= 15 is 0 Å². The third-order valence-electron chi connectivity index (χ3n) is 5.90. The molecule has 2 aromatic carbocycles. The molecule has 3 rings (SSSR count). The van der Waals surface area contributed by atoms with Crippen molar-refractivity contribution in [3.63, 3.8) is 0 Å². The van der Waals surface area contributed by atoms with Gasteiger partial charge in [0.2, 0.25) is 0 Å². The van der Waals surface area contributed by atoms with E-state index in [1.807, 2.05) is 38.1 Å². The molecule has 1 unspecified atom stereocenters. The number of carbonyl (C=O) groups is 2. The monoisotopic (exact) mass is 436 g/mol. The Morgan fingerprint density at radius 3 is 2.38 bits per heavy atom. The highest BCUT2D eigenvalue weighted by molar-refractivity contribution is 6.46. The Balaban J connectivity index is 2.08. The van der Waals surface area contributed by atoms with Crippen LogP contribution in [0.5, 0.6) is 5.75 Å². The van der Waals surface area contributed by atoms with E-state index in [4.69, 9.17) is 4.74 Å². The first-order valence-corrected chi connectivity index (χ1v) is 11.2. The maximum absolute atomic E-state index is 13.1. The number of carbonyl (C=O) groups excluding carboxylic acids is 2. The molecule has 0 aromatic heterocycles. The summed E-state index contributed by atoms with van der Waals surface area (Å²) in [4.78, 5) is 30.0. The molecule has 0 bridgehead atoms. The minimum atomic E-state index is -0.658. The molecule has 1 amide bonds. The Hall–Kier alpha value is -3.12. The Kier molecular flexibility index (Phi) is 7.70. The van der Waals surface area contributed by atoms with Gasteiger partial charge >= 0.3 is 0 Å². The SMILES string of the molecule is CCOc1cccc(/C(O)=C2\C(=O)C(=O)N(CCN(CC)CC)C2c2ccc(C)cc2)c1. The van der Waals surface area contributed by atoms with Crippen LogP contribution in [0.2, 0.25) is 0 Å². The molecule has 1 saturated heterocycles. The molecule has 1 atom stereocenters. The van der Waals surface area contributed by atoms with Crippen LogP contribution in [0, 0.1) is 6.92 Å². The number of likely N-dealkylation sites (N-methyl/N-ethyl adjacent to an activating group) is 1. The van der Waals surface area contributed by atoms with Crippen molar-refractivity contribution in [3.05, 3.63) is 70.8 Å². The van der Waals surface area contributed by atoms with Gasteiger partial charge in [-0.3, -0.25) is 9.59 Å². The van der Waals surface area contributed by atoms with Crippen LogP contribution in [0.15, 0.2) is 54.1 Å². The maximum Gasteiger partial charge on any atom is 0.295 e. The van der Waals surface area contributed by atoms with E-state index in [0.29, 0.717) is 31.0 Å². The van der Waals surface area contributed by atoms with Crippen molar-refractivity contribution >= 4 is 17.4 Å². The molecule has 1 fully saturated rings. The Labute approximate surface area is 190 Å². The fourth-order valence-corrected chi connectivity index (χ4v) is 4.05. The second-order valence-electron chi connectivity index (χ2n) is 7.89. The highest BCUT2D eigenvalue weighted by Gasteiger charge is 2.45. The van der Waals surface area contributed by atoms with E-state index in [0.717, 1.165) is 24.2 Å². The largest absolute Gasteiger partial charge is 0.507 e. The van der Waals surface area contributed by atoms with Crippen LogP contribution in [0.4, 0.5) is 0 Å². The first kappa shape index (κ1) is 23.5. The summed E-state index contributed by atoms with van der Waals surface area (Å²) >= 11 is 0. The Bertz CT molecular complexity index is 993. The summed E-state index contributed by atoms with van der Waals surface area (Å²) in [7, 11) is 0. The third kappa shape index (κ3) is 4.86. The van der Waals surface area contributed by atoms with Crippen LogP contribution in [0.25, 0.3) is 5.76 Å². The molecule has 0 aliphatic carbocycles. The number of Topliss-reactive ketones (excluding diaryl/α,β-unsaturated/α-hetero) is 1. The number of benzene rings is 2. The summed E-state index contributed by atoms with van der Waals surface area (Å²) < 4.78 is 5.54. The molecule has 1 aliphatic rings. The maximum atomic E-state index is 13.1. The molecule has 2 aromatic rings. The highest BCUT2D eigenvalue weighted by atomic mass is 16.5. The normalized spacial score (nSPS) is 17.9. The zero-order chi connectivity index (χ0) is 23.3. The average Bonchev–Trinajstić information content (AvgIpc) is 3.05. The van der Waals surface area contributed by atoms with Crippen molar-refractivity contribution in [2.45, 2.75) is 33.7 Å². The van der Waals surface area contributed by atoms with Crippen molar-refractivity contribution in [2.24, 2.45) is 0 Å². The second-order valence-corrected chi connectivity index (χ2v) is 7.89. The molecular weight excluding hydrogens is 404 g/mol. The van der Waals surface area contributed by atoms with E-state index in [9.17, 15) is 14.7 Å². The molecule has 6 heteroatoms. The predicted octanol–water partition coefficient (Wildman–Crippen LogP) is 4.16. The number of nitrogens with zero attached hydrogens (tertiary/aromatic N) is 2. The van der Waals surface area contributed by atoms with Crippen LogP contribution >= 0.6 is 0 Å². The Morgan fingerprint density at radius 1 is 1.06 bits per heavy atom. The predicted molar refractivity (Wildman–Crippen MR) is 126 cm³/mol. The number of aliphatic hydroxyl groups is 1. The van der Waals surface area contributed by atoms with Gasteiger partial charge in [0.15, 0.2) is 0 Å². The van der Waals surface area contributed by atoms with Crippen LogP contribution in [-0.2, 0) is 9.59 Å². The van der Waals surface area contributed by atoms with Gasteiger partial charge in [0.05, 0.1) is 18.2 Å². The molecule has 170 valence electrons. The van der Waals surface area contributed by atoms with Crippen molar-refractivity contribution < 1.29 is 19.4 Å². The van der Waals surface area contributed by atoms with E-state index in [1.54, 1.807) is 29.2 Å². The lowest BCUT2D eigenvalue weighted by molar-refractivity contribution is -0.140. The van der Waals surface area contributed by atoms with Crippen LogP contribution in [-0.4, -0.2) is 59.4 Å². The van der Waals surface area contributed by atoms with Crippen molar-refractivity contribution in [1.29, 1.82) is 0 Å². The van der Waals surface area contributed by atoms with Gasteiger partial charge in [-0.25, -0.2) is 0 Å². The van der Waals surface area contributed by atoms with Gasteiger partial charge in [-0.15, -0.1) is 0 Å². The van der Waals surface area contributed by atoms with Gasteiger partial charge in [0.25, 0.3) is 11.7 Å². The van der Waals surface area contributed by atoms with Gasteiger partial charge in [-0.1, -0.05) is 55.8 Å². The summed E-state index contributed by atoms with van der Waals surface area (Å²) in [5, 5.41) is 11.2. The van der Waals surface area contributed by atoms with Crippen molar-refractivity contribution in [1.82, 2.24) is 9.80 Å². The lowest BCUT2D eigenvalue weighted by Gasteiger charge is -2.28. The molecule has 1 aliphatic heterocycles. The number of aryl methyl sites for hydroxylation is 1. The van der Waals surface area contributed by atoms with E-state index in [2.05, 4.69) is 18.7 Å². The Morgan fingerprint density at radius 2 is 1.75 bits per heavy atom. The van der Waals surface area contributed by atoms with Gasteiger partial charge in [0, 0.05) is 18.7 Å². The summed E-state index contributed by atoms with van der Waals surface area (Å²) in [6.45, 7) is 11.3. The summed E-state index contributed by atoms with van der Waals surface area (Å²) in [5.41, 5.74) is 2.46. The fourth-order valence-electron chi connectivity index (χ4n) is 4.05. The number of ketones is 1. The van der Waals surface area contributed by atoms with Crippen LogP contribution in [0.3, 0.4) is 0 Å². The van der Waals surface area contributed by atoms with Crippen molar-refractivity contribution in [2.75, 3.05) is 32.8 Å². The molecule has 6 nitrogen and oxygen atoms in total. The number of hydrogen-bond donors (Lipinski definition) is 1. The number of amides is 1. The average molecular weight is 437 g/mol. The quantitative estimate of drug-likeness (QED) is 0.363. The van der Waals surface area contributed by atoms with Crippen LogP contribution in [0.1, 0.15) is 43.5 Å². The first-order chi connectivity index (χ1) is 15.4. The fraction of sp³-hybridized carbons (Fsp3) is 0.385. The van der Waals surface area contributed by atoms with Gasteiger partial charge in [-0.05, 0) is 44.6 Å². The lowest BCUT2D eigenvalue weighted by Crippen LogP contribution is -2.38. The molecule has 0 spiro atoms. The molecular formula is C26H32N2O4. The topological polar surface area (TPSA) is 70.1 Å². The molecule has 0 radical (unpaired) electrons. The van der Waals surface area contributed by atoms with E-state index in [-0.39, 0.29) is 11.3 Å². The number of hydrogen-bond acceptors (Lipinski definition) is 5. The third-order valence-corrected chi connectivity index (χ3v) is 5.90. The standard InChI is InChI=1S/C26H32N2O4/c1-5-27(6-2)15-16-28-23(19-13-11-18(4)12-14-19)22(25(30)26(28)31)24(29)20-9-8-10-21(17-20)32-7-3/h8-14,17,23,29H,5-7,15-16H2,1-4H3/b24-22+. The zero-order valence-corrected chi connectivity index (χ0v) is 19.3. The molecule has 1 heterocycles. The van der Waals surface area contributed by atoms with E-state index in [1.165, 1.54) is 0 Å². The number of rotatable bonds is 9. The van der Waals surface area contributed by atoms with Crippen LogP contribution < -0.4 is 4.74 Å². The summed E-state index contributed by atoms with van der Waals surface area (Å²) in [6, 6.07) is 14.1. The number of aliphatic hydroxyl groups excluding tert-OH is 1. The highest BCUT2D eigenvalue weighted by Crippen LogP contribution is 2.39. The smallest absolute Gasteiger partial charge is 0.295 e. The minimum Gasteiger partial charge on any atom is -0.507 e. The molecule has 0 saturated carbocycles. The number of likely N-dealkylation sites (tertiary alicyclic amines) is 1. The van der Waals surface area contributed by atoms with Gasteiger partial charge in [-0.2, -0.15) is 0 Å². The second kappa shape index (κ2) is 10.5. The zero-order valence-electron chi connectivity index (χ0n) is 19.3. The molecule has 32 heavy (non-hydrogen) atoms.